The second-order valence-corrected chi connectivity index (χ2v) is 3.20. The fourth-order valence-electron chi connectivity index (χ4n) is 1.00. The Balaban J connectivity index is 2.92. The lowest BCUT2D eigenvalue weighted by atomic mass is 10.6. The Morgan fingerprint density at radius 1 is 0.778 bits per heavy atom. The summed E-state index contributed by atoms with van der Waals surface area (Å²) in [6.45, 7) is 5.19. The SMILES string of the molecule is N=[N+]=NCCOCCOCCOCCOCCN. The molecule has 0 saturated heterocycles. The summed E-state index contributed by atoms with van der Waals surface area (Å²) in [6, 6.07) is 0. The molecular formula is C10H23N4O4+. The summed E-state index contributed by atoms with van der Waals surface area (Å²) in [5.41, 5.74) is 11.7. The molecule has 0 saturated carbocycles. The van der Waals surface area contributed by atoms with Crippen LogP contribution in [-0.4, -0.2) is 65.9 Å². The maximum Gasteiger partial charge on any atom is 0.214 e. The van der Waals surface area contributed by atoms with Crippen LogP contribution in [0, 0.1) is 5.53 Å². The second-order valence-electron chi connectivity index (χ2n) is 3.20. The number of hydrogen-bond donors (Lipinski definition) is 2. The highest BCUT2D eigenvalue weighted by atomic mass is 16.6. The molecule has 0 amide bonds. The van der Waals surface area contributed by atoms with E-state index in [4.69, 9.17) is 30.2 Å². The largest absolute Gasteiger partial charge is 0.378 e. The molecule has 8 heteroatoms. The minimum atomic E-state index is 0.412. The Kier molecular flexibility index (Phi) is 15.3. The molecule has 0 heterocycles. The van der Waals surface area contributed by atoms with Gasteiger partial charge in [-0.3, -0.25) is 0 Å². The Bertz CT molecular complexity index is 212. The van der Waals surface area contributed by atoms with E-state index in [1.165, 1.54) is 0 Å². The van der Waals surface area contributed by atoms with Gasteiger partial charge in [0.1, 0.15) is 17.2 Å². The smallest absolute Gasteiger partial charge is 0.214 e. The predicted molar refractivity (Wildman–Crippen MR) is 64.5 cm³/mol. The standard InChI is InChI=1S/C10H23N4O4/c11-1-3-15-5-7-17-9-10-18-8-6-16-4-2-13-14-12/h12H,1-11H2/q+1. The second kappa shape index (κ2) is 16.1. The summed E-state index contributed by atoms with van der Waals surface area (Å²) in [6.07, 6.45) is 0. The van der Waals surface area contributed by atoms with E-state index in [-0.39, 0.29) is 0 Å². The van der Waals surface area contributed by atoms with Gasteiger partial charge in [-0.2, -0.15) is 0 Å². The highest BCUT2D eigenvalue weighted by Crippen LogP contribution is 1.82. The molecule has 0 aliphatic carbocycles. The maximum atomic E-state index is 6.42. The normalized spacial score (nSPS) is 10.3. The number of hydrogen-bond acceptors (Lipinski definition) is 7. The van der Waals surface area contributed by atoms with Crippen LogP contribution in [0.25, 0.3) is 0 Å². The van der Waals surface area contributed by atoms with Crippen LogP contribution in [0.5, 0.6) is 0 Å². The van der Waals surface area contributed by atoms with E-state index in [1.807, 2.05) is 0 Å². The highest BCUT2D eigenvalue weighted by molar-refractivity contribution is 4.37. The van der Waals surface area contributed by atoms with Crippen molar-refractivity contribution in [1.29, 1.82) is 5.53 Å². The molecule has 0 spiro atoms. The molecule has 0 aliphatic rings. The third-order valence-electron chi connectivity index (χ3n) is 1.78. The fourth-order valence-corrected chi connectivity index (χ4v) is 1.00. The van der Waals surface area contributed by atoms with E-state index in [0.717, 1.165) is 0 Å². The first-order valence-corrected chi connectivity index (χ1v) is 5.96. The number of nitrogens with one attached hydrogen (secondary N) is 1. The van der Waals surface area contributed by atoms with Crippen molar-refractivity contribution in [1.82, 2.24) is 4.91 Å². The van der Waals surface area contributed by atoms with E-state index in [9.17, 15) is 0 Å². The molecule has 0 aliphatic heterocycles. The zero-order chi connectivity index (χ0) is 13.3. The monoisotopic (exact) mass is 263 g/mol. The predicted octanol–water partition coefficient (Wildman–Crippen LogP) is -0.438. The molecule has 3 N–H and O–H groups in total. The third-order valence-corrected chi connectivity index (χ3v) is 1.78. The Morgan fingerprint density at radius 2 is 1.22 bits per heavy atom. The summed E-state index contributed by atoms with van der Waals surface area (Å²) in [7, 11) is 0. The van der Waals surface area contributed by atoms with Crippen LogP contribution in [0.2, 0.25) is 0 Å². The van der Waals surface area contributed by atoms with E-state index < -0.39 is 0 Å². The molecule has 106 valence electrons. The van der Waals surface area contributed by atoms with Crippen molar-refractivity contribution in [3.63, 3.8) is 0 Å². The molecular weight excluding hydrogens is 240 g/mol. The number of ether oxygens (including phenoxy) is 4. The van der Waals surface area contributed by atoms with Gasteiger partial charge in [0, 0.05) is 6.54 Å². The van der Waals surface area contributed by atoms with Gasteiger partial charge in [-0.15, -0.1) is 0 Å². The quantitative estimate of drug-likeness (QED) is 0.250. The topological polar surface area (TPSA) is 113 Å². The lowest BCUT2D eigenvalue weighted by Crippen LogP contribution is -2.14. The van der Waals surface area contributed by atoms with Crippen molar-refractivity contribution in [2.24, 2.45) is 10.8 Å². The van der Waals surface area contributed by atoms with Crippen molar-refractivity contribution < 1.29 is 18.9 Å². The third kappa shape index (κ3) is 15.1. The average Bonchev–Trinajstić information content (AvgIpc) is 2.39. The van der Waals surface area contributed by atoms with Gasteiger partial charge in [0.25, 0.3) is 0 Å². The molecule has 0 aromatic heterocycles. The molecule has 0 aromatic carbocycles. The highest BCUT2D eigenvalue weighted by Gasteiger charge is 1.93. The van der Waals surface area contributed by atoms with Gasteiger partial charge in [-0.05, 0) is 0 Å². The molecule has 8 nitrogen and oxygen atoms in total. The van der Waals surface area contributed by atoms with Crippen molar-refractivity contribution in [3.8, 4) is 0 Å². The van der Waals surface area contributed by atoms with Crippen LogP contribution in [0.1, 0.15) is 0 Å². The Morgan fingerprint density at radius 3 is 1.67 bits per heavy atom. The summed E-state index contributed by atoms with van der Waals surface area (Å²) < 4.78 is 20.8. The molecule has 18 heavy (non-hydrogen) atoms. The number of nitrogens with two attached hydrogens (primary N) is 1. The van der Waals surface area contributed by atoms with Crippen LogP contribution in [-0.2, 0) is 18.9 Å². The van der Waals surface area contributed by atoms with Crippen LogP contribution >= 0.6 is 0 Å². The van der Waals surface area contributed by atoms with Gasteiger partial charge in [0.05, 0.1) is 52.9 Å². The Hall–Kier alpha value is -0.890. The van der Waals surface area contributed by atoms with E-state index in [2.05, 4.69) is 10.0 Å². The van der Waals surface area contributed by atoms with Gasteiger partial charge < -0.3 is 24.7 Å². The first kappa shape index (κ1) is 17.1. The first-order chi connectivity index (χ1) is 8.91. The van der Waals surface area contributed by atoms with Gasteiger partial charge in [-0.25, -0.2) is 0 Å². The zero-order valence-electron chi connectivity index (χ0n) is 10.7. The van der Waals surface area contributed by atoms with Gasteiger partial charge >= 0.3 is 0 Å². The molecule has 0 fully saturated rings. The van der Waals surface area contributed by atoms with E-state index >= 15 is 0 Å². The molecule has 0 radical (unpaired) electrons. The van der Waals surface area contributed by atoms with Crippen molar-refractivity contribution >= 4 is 0 Å². The van der Waals surface area contributed by atoms with Crippen molar-refractivity contribution in [3.05, 3.63) is 0 Å². The average molecular weight is 263 g/mol. The minimum absolute atomic E-state index is 0.412. The van der Waals surface area contributed by atoms with Gasteiger partial charge in [-0.1, -0.05) is 0 Å². The van der Waals surface area contributed by atoms with Crippen molar-refractivity contribution in [2.75, 3.05) is 65.9 Å². The number of nitrogens with zero attached hydrogens (tertiary/aromatic N) is 2. The fraction of sp³-hybridized carbons (Fsp3) is 1.00. The maximum absolute atomic E-state index is 6.42. The Labute approximate surface area is 107 Å². The number of rotatable bonds is 14. The van der Waals surface area contributed by atoms with E-state index in [0.29, 0.717) is 65.9 Å². The van der Waals surface area contributed by atoms with Crippen LogP contribution in [0.3, 0.4) is 0 Å². The van der Waals surface area contributed by atoms with Gasteiger partial charge in [0.15, 0.2) is 0 Å². The zero-order valence-corrected chi connectivity index (χ0v) is 10.7. The summed E-state index contributed by atoms with van der Waals surface area (Å²) in [5, 5.41) is 3.45. The molecule has 0 rings (SSSR count). The molecule has 0 aromatic rings. The molecule has 0 bridgehead atoms. The van der Waals surface area contributed by atoms with Crippen LogP contribution in [0.4, 0.5) is 0 Å². The summed E-state index contributed by atoms with van der Waals surface area (Å²) >= 11 is 0. The first-order valence-electron chi connectivity index (χ1n) is 5.96. The lowest BCUT2D eigenvalue weighted by molar-refractivity contribution is -0.000220. The molecule has 0 atom stereocenters. The summed E-state index contributed by atoms with van der Waals surface area (Å²) in [5.74, 6) is 0. The van der Waals surface area contributed by atoms with Crippen molar-refractivity contribution in [2.45, 2.75) is 0 Å². The van der Waals surface area contributed by atoms with Crippen LogP contribution in [0.15, 0.2) is 5.11 Å². The minimum Gasteiger partial charge on any atom is -0.378 e. The lowest BCUT2D eigenvalue weighted by Gasteiger charge is -2.06. The van der Waals surface area contributed by atoms with Gasteiger partial charge in [0.2, 0.25) is 4.91 Å². The van der Waals surface area contributed by atoms with Crippen LogP contribution < -0.4 is 10.6 Å². The molecule has 0 unspecified atom stereocenters. The van der Waals surface area contributed by atoms with E-state index in [1.54, 1.807) is 0 Å². The summed E-state index contributed by atoms with van der Waals surface area (Å²) in [4.78, 5) is 2.86.